The minimum absolute atomic E-state index is 0.470. The lowest BCUT2D eigenvalue weighted by Crippen LogP contribution is -2.25. The van der Waals surface area contributed by atoms with Gasteiger partial charge >= 0.3 is 0 Å². The lowest BCUT2D eigenvalue weighted by atomic mass is 10.0. The molecule has 3 rings (SSSR count). The average molecular weight is 282 g/mol. The number of hydrogen-bond acceptors (Lipinski definition) is 3. The molecule has 1 aliphatic carbocycles. The van der Waals surface area contributed by atoms with Crippen molar-refractivity contribution in [3.05, 3.63) is 59.9 Å². The Morgan fingerprint density at radius 3 is 2.48 bits per heavy atom. The molecule has 1 unspecified atom stereocenters. The second-order valence-electron chi connectivity index (χ2n) is 5.65. The van der Waals surface area contributed by atoms with Crippen molar-refractivity contribution in [2.45, 2.75) is 25.3 Å². The highest BCUT2D eigenvalue weighted by Crippen LogP contribution is 2.41. The molecule has 0 bridgehead atoms. The molecule has 1 aliphatic rings. The lowest BCUT2D eigenvalue weighted by molar-refractivity contribution is 0.414. The summed E-state index contributed by atoms with van der Waals surface area (Å²) in [5.74, 6) is 1.71. The van der Waals surface area contributed by atoms with Gasteiger partial charge in [-0.25, -0.2) is 0 Å². The lowest BCUT2D eigenvalue weighted by Gasteiger charge is -2.19. The predicted octanol–water partition coefficient (Wildman–Crippen LogP) is 3.37. The van der Waals surface area contributed by atoms with Crippen LogP contribution in [-0.2, 0) is 6.42 Å². The largest absolute Gasteiger partial charge is 0.497 e. The van der Waals surface area contributed by atoms with E-state index in [0.29, 0.717) is 6.04 Å². The summed E-state index contributed by atoms with van der Waals surface area (Å²) >= 11 is 0. The third-order valence-corrected chi connectivity index (χ3v) is 4.10. The van der Waals surface area contributed by atoms with E-state index in [9.17, 15) is 0 Å². The van der Waals surface area contributed by atoms with Crippen LogP contribution in [0.5, 0.6) is 5.75 Å². The highest BCUT2D eigenvalue weighted by molar-refractivity contribution is 5.30. The normalized spacial score (nSPS) is 15.7. The number of ether oxygens (including phenoxy) is 1. The molecule has 1 aromatic heterocycles. The van der Waals surface area contributed by atoms with Crippen LogP contribution in [0.15, 0.2) is 48.8 Å². The Morgan fingerprint density at radius 1 is 1.14 bits per heavy atom. The molecule has 110 valence electrons. The Labute approximate surface area is 126 Å². The van der Waals surface area contributed by atoms with Crippen LogP contribution in [0.2, 0.25) is 0 Å². The Balaban J connectivity index is 1.59. The number of methoxy groups -OCH3 is 1. The number of nitrogens with one attached hydrogen (secondary N) is 1. The maximum absolute atomic E-state index is 5.24. The summed E-state index contributed by atoms with van der Waals surface area (Å²) in [6.07, 6.45) is 7.42. The van der Waals surface area contributed by atoms with Crippen LogP contribution in [0.1, 0.15) is 30.0 Å². The van der Waals surface area contributed by atoms with Crippen molar-refractivity contribution < 1.29 is 4.74 Å². The minimum atomic E-state index is 0.470. The van der Waals surface area contributed by atoms with Gasteiger partial charge in [0, 0.05) is 18.4 Å². The van der Waals surface area contributed by atoms with E-state index in [1.54, 1.807) is 7.11 Å². The van der Waals surface area contributed by atoms with Gasteiger partial charge < -0.3 is 10.1 Å². The first-order valence-corrected chi connectivity index (χ1v) is 7.63. The van der Waals surface area contributed by atoms with Gasteiger partial charge in [0.1, 0.15) is 5.75 Å². The third-order valence-electron chi connectivity index (χ3n) is 4.10. The maximum Gasteiger partial charge on any atom is 0.118 e. The Bertz CT molecular complexity index is 549. The maximum atomic E-state index is 5.24. The summed E-state index contributed by atoms with van der Waals surface area (Å²) in [7, 11) is 1.71. The molecule has 1 atom stereocenters. The summed E-state index contributed by atoms with van der Waals surface area (Å²) in [5, 5.41) is 3.72. The summed E-state index contributed by atoms with van der Waals surface area (Å²) < 4.78 is 5.24. The van der Waals surface area contributed by atoms with Crippen LogP contribution in [0.4, 0.5) is 0 Å². The van der Waals surface area contributed by atoms with Crippen molar-refractivity contribution >= 4 is 0 Å². The molecular formula is C18H22N2O. The zero-order valence-corrected chi connectivity index (χ0v) is 12.5. The quantitative estimate of drug-likeness (QED) is 0.845. The highest BCUT2D eigenvalue weighted by atomic mass is 16.5. The molecule has 0 aliphatic heterocycles. The molecule has 1 saturated carbocycles. The summed E-state index contributed by atoms with van der Waals surface area (Å²) in [4.78, 5) is 4.06. The number of aromatic nitrogens is 1. The molecule has 3 heteroatoms. The zero-order chi connectivity index (χ0) is 14.5. The van der Waals surface area contributed by atoms with Gasteiger partial charge in [-0.1, -0.05) is 12.1 Å². The first-order chi connectivity index (χ1) is 10.4. The predicted molar refractivity (Wildman–Crippen MR) is 84.4 cm³/mol. The van der Waals surface area contributed by atoms with E-state index >= 15 is 0 Å². The molecule has 0 spiro atoms. The van der Waals surface area contributed by atoms with Gasteiger partial charge in [0.25, 0.3) is 0 Å². The van der Waals surface area contributed by atoms with Crippen LogP contribution in [-0.4, -0.2) is 18.6 Å². The number of nitrogens with zero attached hydrogens (tertiary/aromatic N) is 1. The van der Waals surface area contributed by atoms with Crippen molar-refractivity contribution in [3.8, 4) is 5.75 Å². The molecule has 0 saturated heterocycles. The summed E-state index contributed by atoms with van der Waals surface area (Å²) in [6.45, 7) is 0.997. The van der Waals surface area contributed by atoms with Gasteiger partial charge in [0.05, 0.1) is 7.11 Å². The standard InChI is InChI=1S/C18H22N2O/c1-21-17-6-4-16(5-7-17)18(15-2-3-15)20-13-10-14-8-11-19-12-9-14/h4-9,11-12,15,18,20H,2-3,10,13H2,1H3. The molecule has 1 aromatic carbocycles. The fraction of sp³-hybridized carbons (Fsp3) is 0.389. The molecule has 1 fully saturated rings. The van der Waals surface area contributed by atoms with Crippen LogP contribution < -0.4 is 10.1 Å². The Hall–Kier alpha value is -1.87. The highest BCUT2D eigenvalue weighted by Gasteiger charge is 2.31. The van der Waals surface area contributed by atoms with E-state index in [1.807, 2.05) is 12.4 Å². The minimum Gasteiger partial charge on any atom is -0.497 e. The van der Waals surface area contributed by atoms with E-state index in [4.69, 9.17) is 4.74 Å². The fourth-order valence-electron chi connectivity index (χ4n) is 2.72. The van der Waals surface area contributed by atoms with E-state index in [0.717, 1.165) is 24.6 Å². The van der Waals surface area contributed by atoms with Crippen LogP contribution in [0.25, 0.3) is 0 Å². The molecule has 0 radical (unpaired) electrons. The SMILES string of the molecule is COc1ccc(C(NCCc2ccncc2)C2CC2)cc1. The molecular weight excluding hydrogens is 260 g/mol. The summed E-state index contributed by atoms with van der Waals surface area (Å²) in [5.41, 5.74) is 2.70. The van der Waals surface area contributed by atoms with Gasteiger partial charge in [-0.05, 0) is 67.1 Å². The molecule has 0 amide bonds. The average Bonchev–Trinajstić information content (AvgIpc) is 3.38. The molecule has 3 nitrogen and oxygen atoms in total. The van der Waals surface area contributed by atoms with Gasteiger partial charge in [0.15, 0.2) is 0 Å². The van der Waals surface area contributed by atoms with E-state index in [-0.39, 0.29) is 0 Å². The monoisotopic (exact) mass is 282 g/mol. The Kier molecular flexibility index (Phi) is 4.51. The number of benzene rings is 1. The molecule has 1 heterocycles. The topological polar surface area (TPSA) is 34.1 Å². The number of hydrogen-bond donors (Lipinski definition) is 1. The van der Waals surface area contributed by atoms with Crippen LogP contribution >= 0.6 is 0 Å². The van der Waals surface area contributed by atoms with Gasteiger partial charge in [-0.2, -0.15) is 0 Å². The van der Waals surface area contributed by atoms with E-state index in [1.165, 1.54) is 24.0 Å². The van der Waals surface area contributed by atoms with Crippen molar-refractivity contribution in [1.29, 1.82) is 0 Å². The van der Waals surface area contributed by atoms with Crippen molar-refractivity contribution in [3.63, 3.8) is 0 Å². The first kappa shape index (κ1) is 14.1. The smallest absolute Gasteiger partial charge is 0.118 e. The van der Waals surface area contributed by atoms with Gasteiger partial charge in [-0.15, -0.1) is 0 Å². The van der Waals surface area contributed by atoms with Crippen molar-refractivity contribution in [2.75, 3.05) is 13.7 Å². The molecule has 21 heavy (non-hydrogen) atoms. The summed E-state index contributed by atoms with van der Waals surface area (Å²) in [6, 6.07) is 13.1. The zero-order valence-electron chi connectivity index (χ0n) is 12.5. The molecule has 1 N–H and O–H groups in total. The second-order valence-corrected chi connectivity index (χ2v) is 5.65. The van der Waals surface area contributed by atoms with Crippen molar-refractivity contribution in [1.82, 2.24) is 10.3 Å². The molecule has 2 aromatic rings. The van der Waals surface area contributed by atoms with Gasteiger partial charge in [0.2, 0.25) is 0 Å². The third kappa shape index (κ3) is 3.82. The number of rotatable bonds is 7. The van der Waals surface area contributed by atoms with E-state index in [2.05, 4.69) is 46.7 Å². The van der Waals surface area contributed by atoms with Gasteiger partial charge in [-0.3, -0.25) is 4.98 Å². The fourth-order valence-corrected chi connectivity index (χ4v) is 2.72. The second kappa shape index (κ2) is 6.72. The van der Waals surface area contributed by atoms with Crippen LogP contribution in [0, 0.1) is 5.92 Å². The Morgan fingerprint density at radius 2 is 1.86 bits per heavy atom. The van der Waals surface area contributed by atoms with Crippen molar-refractivity contribution in [2.24, 2.45) is 5.92 Å². The van der Waals surface area contributed by atoms with E-state index < -0.39 is 0 Å². The van der Waals surface area contributed by atoms with Crippen LogP contribution in [0.3, 0.4) is 0 Å². The number of pyridine rings is 1. The first-order valence-electron chi connectivity index (χ1n) is 7.63.